The molecule has 0 saturated heterocycles. The van der Waals surface area contributed by atoms with E-state index in [-0.39, 0.29) is 17.0 Å². The fourth-order valence-electron chi connectivity index (χ4n) is 4.16. The maximum Gasteiger partial charge on any atom is 0.259 e. The van der Waals surface area contributed by atoms with Gasteiger partial charge >= 0.3 is 0 Å². The Labute approximate surface area is 196 Å². The van der Waals surface area contributed by atoms with E-state index in [1.165, 1.54) is 21.3 Å². The van der Waals surface area contributed by atoms with Crippen molar-refractivity contribution < 1.29 is 18.9 Å². The predicted molar refractivity (Wildman–Crippen MR) is 124 cm³/mol. The number of nitrogens with two attached hydrogens (primary N) is 1. The molecule has 1 atom stereocenters. The Kier molecular flexibility index (Phi) is 6.15. The molecule has 1 aromatic carbocycles. The minimum atomic E-state index is -0.796. The average Bonchev–Trinajstić information content (AvgIpc) is 2.85. The van der Waals surface area contributed by atoms with E-state index < -0.39 is 5.92 Å². The lowest BCUT2D eigenvalue weighted by molar-refractivity contribution is 0.323. The Morgan fingerprint density at radius 1 is 1.18 bits per heavy atom. The first-order valence-corrected chi connectivity index (χ1v) is 10.4. The van der Waals surface area contributed by atoms with Crippen LogP contribution in [0.25, 0.3) is 0 Å². The summed E-state index contributed by atoms with van der Waals surface area (Å²) in [7, 11) is 4.50. The summed E-state index contributed by atoms with van der Waals surface area (Å²) in [5.74, 6) is 0.634. The number of aryl methyl sites for hydroxylation is 1. The highest BCUT2D eigenvalue weighted by Crippen LogP contribution is 2.46. The molecule has 0 amide bonds. The average molecular weight is 460 g/mol. The first-order valence-electron chi connectivity index (χ1n) is 10.4. The molecule has 34 heavy (non-hydrogen) atoms. The lowest BCUT2D eigenvalue weighted by atomic mass is 9.83. The van der Waals surface area contributed by atoms with Gasteiger partial charge in [-0.1, -0.05) is 6.07 Å². The van der Waals surface area contributed by atoms with Crippen LogP contribution < -0.4 is 30.2 Å². The summed E-state index contributed by atoms with van der Waals surface area (Å²) in [6.45, 7) is 2.13. The molecule has 3 heterocycles. The topological polar surface area (TPSA) is 122 Å². The minimum Gasteiger partial charge on any atom is -0.493 e. The maximum absolute atomic E-state index is 13.8. The van der Waals surface area contributed by atoms with Gasteiger partial charge in [0.2, 0.25) is 11.6 Å². The molecule has 9 heteroatoms. The molecular weight excluding hydrogens is 436 g/mol. The molecule has 174 valence electrons. The molecular formula is C25H24N4O5. The largest absolute Gasteiger partial charge is 0.493 e. The molecule has 0 saturated carbocycles. The van der Waals surface area contributed by atoms with Crippen molar-refractivity contribution in [2.24, 2.45) is 5.73 Å². The second-order valence-electron chi connectivity index (χ2n) is 7.70. The van der Waals surface area contributed by atoms with Crippen LogP contribution in [0.4, 0.5) is 0 Å². The number of benzene rings is 1. The predicted octanol–water partition coefficient (Wildman–Crippen LogP) is 2.84. The summed E-state index contributed by atoms with van der Waals surface area (Å²) in [5, 5.41) is 9.95. The van der Waals surface area contributed by atoms with Crippen LogP contribution in [0.5, 0.6) is 23.0 Å². The fraction of sp³-hybridized carbons (Fsp3) is 0.240. The number of hydrogen-bond acceptors (Lipinski definition) is 8. The summed E-state index contributed by atoms with van der Waals surface area (Å²) >= 11 is 0. The molecule has 0 spiro atoms. The summed E-state index contributed by atoms with van der Waals surface area (Å²) in [6, 6.07) is 11.0. The molecule has 2 N–H and O–H groups in total. The molecule has 0 unspecified atom stereocenters. The maximum atomic E-state index is 13.8. The number of hydrogen-bond donors (Lipinski definition) is 1. The number of pyridine rings is 2. The molecule has 0 radical (unpaired) electrons. The quantitative estimate of drug-likeness (QED) is 0.596. The minimum absolute atomic E-state index is 0.0578. The monoisotopic (exact) mass is 460 g/mol. The van der Waals surface area contributed by atoms with Crippen molar-refractivity contribution in [2.75, 3.05) is 21.3 Å². The highest BCUT2D eigenvalue weighted by molar-refractivity contribution is 5.61. The van der Waals surface area contributed by atoms with Crippen LogP contribution >= 0.6 is 0 Å². The van der Waals surface area contributed by atoms with Gasteiger partial charge < -0.3 is 29.2 Å². The van der Waals surface area contributed by atoms with Crippen LogP contribution in [0.1, 0.15) is 28.3 Å². The van der Waals surface area contributed by atoms with E-state index in [1.807, 2.05) is 19.1 Å². The zero-order valence-corrected chi connectivity index (χ0v) is 19.3. The number of methoxy groups -OCH3 is 3. The van der Waals surface area contributed by atoms with Crippen LogP contribution in [0.2, 0.25) is 0 Å². The molecule has 9 nitrogen and oxygen atoms in total. The van der Waals surface area contributed by atoms with Crippen LogP contribution in [0.15, 0.2) is 59.0 Å². The smallest absolute Gasteiger partial charge is 0.259 e. The van der Waals surface area contributed by atoms with Crippen molar-refractivity contribution in [3.8, 4) is 29.1 Å². The fourth-order valence-corrected chi connectivity index (χ4v) is 4.16. The Balaban J connectivity index is 1.97. The third kappa shape index (κ3) is 3.79. The summed E-state index contributed by atoms with van der Waals surface area (Å²) < 4.78 is 23.8. The lowest BCUT2D eigenvalue weighted by Crippen LogP contribution is -2.33. The number of allylic oxidation sites excluding steroid dienone is 1. The van der Waals surface area contributed by atoms with Gasteiger partial charge in [-0.05, 0) is 36.2 Å². The van der Waals surface area contributed by atoms with Gasteiger partial charge in [-0.25, -0.2) is 0 Å². The van der Waals surface area contributed by atoms with Crippen LogP contribution in [-0.4, -0.2) is 30.9 Å². The normalized spacial score (nSPS) is 14.6. The van der Waals surface area contributed by atoms with Gasteiger partial charge in [0.1, 0.15) is 17.4 Å². The Bertz CT molecular complexity index is 1350. The number of rotatable bonds is 6. The van der Waals surface area contributed by atoms with Gasteiger partial charge in [-0.3, -0.25) is 9.78 Å². The van der Waals surface area contributed by atoms with Crippen molar-refractivity contribution in [2.45, 2.75) is 19.4 Å². The first kappa shape index (κ1) is 22.7. The first-order chi connectivity index (χ1) is 16.4. The Hall–Kier alpha value is -4.45. The van der Waals surface area contributed by atoms with Gasteiger partial charge in [-0.2, -0.15) is 5.26 Å². The van der Waals surface area contributed by atoms with E-state index >= 15 is 0 Å². The second-order valence-corrected chi connectivity index (χ2v) is 7.70. The molecule has 0 bridgehead atoms. The van der Waals surface area contributed by atoms with Crippen molar-refractivity contribution >= 4 is 0 Å². The van der Waals surface area contributed by atoms with Crippen molar-refractivity contribution in [3.05, 3.63) is 86.9 Å². The van der Waals surface area contributed by atoms with E-state index in [2.05, 4.69) is 11.1 Å². The van der Waals surface area contributed by atoms with Crippen molar-refractivity contribution in [3.63, 3.8) is 0 Å². The second kappa shape index (κ2) is 9.19. The van der Waals surface area contributed by atoms with E-state index in [0.717, 1.165) is 5.56 Å². The molecule has 2 aromatic heterocycles. The van der Waals surface area contributed by atoms with E-state index in [4.69, 9.17) is 24.7 Å². The van der Waals surface area contributed by atoms with Gasteiger partial charge in [0.15, 0.2) is 11.5 Å². The lowest BCUT2D eigenvalue weighted by Gasteiger charge is -2.28. The van der Waals surface area contributed by atoms with Crippen LogP contribution in [-0.2, 0) is 6.54 Å². The van der Waals surface area contributed by atoms with Gasteiger partial charge in [-0.15, -0.1) is 0 Å². The zero-order valence-electron chi connectivity index (χ0n) is 19.3. The highest BCUT2D eigenvalue weighted by Gasteiger charge is 2.35. The number of fused-ring (bicyclic) bond motifs is 1. The molecule has 4 rings (SSSR count). The summed E-state index contributed by atoms with van der Waals surface area (Å²) in [6.07, 6.45) is 3.38. The molecule has 1 aliphatic heterocycles. The summed E-state index contributed by atoms with van der Waals surface area (Å²) in [5.41, 5.74) is 8.38. The number of nitrogens with zero attached hydrogens (tertiary/aromatic N) is 3. The van der Waals surface area contributed by atoms with Gasteiger partial charge in [0.05, 0.1) is 39.4 Å². The third-order valence-electron chi connectivity index (χ3n) is 5.77. The van der Waals surface area contributed by atoms with Crippen molar-refractivity contribution in [1.82, 2.24) is 9.55 Å². The van der Waals surface area contributed by atoms with Crippen LogP contribution in [0, 0.1) is 18.3 Å². The number of ether oxygens (including phenoxy) is 4. The summed E-state index contributed by atoms with van der Waals surface area (Å²) in [4.78, 5) is 18.0. The van der Waals surface area contributed by atoms with Crippen LogP contribution in [0.3, 0.4) is 0 Å². The third-order valence-corrected chi connectivity index (χ3v) is 5.77. The number of aromatic nitrogens is 2. The molecule has 1 aliphatic rings. The van der Waals surface area contributed by atoms with E-state index in [0.29, 0.717) is 46.4 Å². The van der Waals surface area contributed by atoms with E-state index in [9.17, 15) is 10.1 Å². The standard InChI is InChI=1S/C25H24N4O5/c1-14-8-18-22(25(30)29(14)13-15-6-5-7-28-12-15)21(17(11-26)24(27)34-18)16-9-19(31-2)23(33-4)20(10-16)32-3/h5-10,12,21H,13,27H2,1-4H3/t21-/m0/s1. The molecule has 0 fully saturated rings. The number of nitriles is 1. The molecule has 0 aliphatic carbocycles. The van der Waals surface area contributed by atoms with Gasteiger partial charge in [0.25, 0.3) is 5.56 Å². The highest BCUT2D eigenvalue weighted by atomic mass is 16.5. The SMILES string of the molecule is COc1cc([C@H]2C(C#N)=C(N)Oc3cc(C)n(Cc4cccnc4)c(=O)c32)cc(OC)c1OC. The Morgan fingerprint density at radius 2 is 1.88 bits per heavy atom. The van der Waals surface area contributed by atoms with Crippen molar-refractivity contribution in [1.29, 1.82) is 5.26 Å². The molecule has 3 aromatic rings. The van der Waals surface area contributed by atoms with Gasteiger partial charge in [0, 0.05) is 24.2 Å². The van der Waals surface area contributed by atoms with E-state index in [1.54, 1.807) is 35.2 Å². The zero-order chi connectivity index (χ0) is 24.4. The Morgan fingerprint density at radius 3 is 2.44 bits per heavy atom.